The highest BCUT2D eigenvalue weighted by Crippen LogP contribution is 2.22. The van der Waals surface area contributed by atoms with Gasteiger partial charge in [-0.2, -0.15) is 0 Å². The number of methoxy groups -OCH3 is 1. The fourth-order valence-corrected chi connectivity index (χ4v) is 1.84. The van der Waals surface area contributed by atoms with Crippen molar-refractivity contribution >= 4 is 11.7 Å². The molecule has 0 aromatic heterocycles. The fraction of sp³-hybridized carbons (Fsp3) is 0.417. The average Bonchev–Trinajstić information content (AvgIpc) is 2.27. The molecule has 0 aliphatic heterocycles. The Kier molecular flexibility index (Phi) is 3.10. The van der Waals surface area contributed by atoms with E-state index in [-0.39, 0.29) is 5.97 Å². The van der Waals surface area contributed by atoms with Gasteiger partial charge in [-0.25, -0.2) is 4.79 Å². The number of hydrogen-bond acceptors (Lipinski definition) is 4. The van der Waals surface area contributed by atoms with Crippen LogP contribution in [0.25, 0.3) is 0 Å². The highest BCUT2D eigenvalue weighted by atomic mass is 16.5. The van der Waals surface area contributed by atoms with Gasteiger partial charge < -0.3 is 15.8 Å². The van der Waals surface area contributed by atoms with Crippen molar-refractivity contribution in [2.45, 2.75) is 24.9 Å². The summed E-state index contributed by atoms with van der Waals surface area (Å²) in [5, 5.41) is 3.36. The molecule has 1 aliphatic rings. The van der Waals surface area contributed by atoms with Crippen LogP contribution in [0.4, 0.5) is 5.69 Å². The van der Waals surface area contributed by atoms with E-state index in [2.05, 4.69) is 10.1 Å². The number of anilines is 1. The van der Waals surface area contributed by atoms with E-state index in [0.717, 1.165) is 18.5 Å². The summed E-state index contributed by atoms with van der Waals surface area (Å²) < 4.78 is 4.63. The van der Waals surface area contributed by atoms with Crippen molar-refractivity contribution in [1.29, 1.82) is 0 Å². The second-order valence-electron chi connectivity index (χ2n) is 4.14. The summed E-state index contributed by atoms with van der Waals surface area (Å²) in [6, 6.07) is 8.09. The molecule has 86 valence electrons. The van der Waals surface area contributed by atoms with Gasteiger partial charge >= 0.3 is 5.97 Å². The minimum atomic E-state index is -0.308. The number of carbonyl (C=O) groups excluding carboxylic acids is 1. The molecule has 0 unspecified atom stereocenters. The highest BCUT2D eigenvalue weighted by molar-refractivity contribution is 5.89. The molecule has 16 heavy (non-hydrogen) atoms. The molecule has 3 N–H and O–H groups in total. The molecule has 4 heteroatoms. The lowest BCUT2D eigenvalue weighted by atomic mass is 9.87. The molecule has 0 heterocycles. The van der Waals surface area contributed by atoms with Crippen LogP contribution in [0.1, 0.15) is 23.2 Å². The SMILES string of the molecule is COC(=O)c1ccc(NC2CC(N)C2)cc1. The Morgan fingerprint density at radius 2 is 2.00 bits per heavy atom. The van der Waals surface area contributed by atoms with E-state index in [0.29, 0.717) is 17.6 Å². The van der Waals surface area contributed by atoms with E-state index in [9.17, 15) is 4.79 Å². The first-order chi connectivity index (χ1) is 7.69. The molecule has 0 atom stereocenters. The third-order valence-corrected chi connectivity index (χ3v) is 2.85. The van der Waals surface area contributed by atoms with Crippen molar-refractivity contribution in [2.75, 3.05) is 12.4 Å². The van der Waals surface area contributed by atoms with E-state index in [1.165, 1.54) is 7.11 Å². The molecular weight excluding hydrogens is 204 g/mol. The maximum atomic E-state index is 11.2. The number of nitrogens with two attached hydrogens (primary N) is 1. The van der Waals surface area contributed by atoms with Crippen LogP contribution in [0.5, 0.6) is 0 Å². The van der Waals surface area contributed by atoms with Gasteiger partial charge in [0.1, 0.15) is 0 Å². The van der Waals surface area contributed by atoms with Gasteiger partial charge in [-0.05, 0) is 37.1 Å². The maximum absolute atomic E-state index is 11.2. The summed E-state index contributed by atoms with van der Waals surface area (Å²) in [5.74, 6) is -0.308. The Hall–Kier alpha value is -1.55. The molecule has 1 aromatic carbocycles. The van der Waals surface area contributed by atoms with Crippen LogP contribution >= 0.6 is 0 Å². The number of benzene rings is 1. The van der Waals surface area contributed by atoms with E-state index >= 15 is 0 Å². The molecule has 1 saturated carbocycles. The summed E-state index contributed by atoms with van der Waals surface area (Å²) in [5.41, 5.74) is 7.29. The third kappa shape index (κ3) is 2.33. The molecule has 1 fully saturated rings. The zero-order valence-electron chi connectivity index (χ0n) is 9.27. The lowest BCUT2D eigenvalue weighted by Crippen LogP contribution is -2.44. The predicted molar refractivity (Wildman–Crippen MR) is 62.4 cm³/mol. The molecular formula is C12H16N2O2. The van der Waals surface area contributed by atoms with Crippen LogP contribution in [-0.2, 0) is 4.74 Å². The van der Waals surface area contributed by atoms with Crippen LogP contribution < -0.4 is 11.1 Å². The Balaban J connectivity index is 1.94. The largest absolute Gasteiger partial charge is 0.465 e. The first-order valence-corrected chi connectivity index (χ1v) is 5.39. The first-order valence-electron chi connectivity index (χ1n) is 5.39. The van der Waals surface area contributed by atoms with Gasteiger partial charge in [0.25, 0.3) is 0 Å². The van der Waals surface area contributed by atoms with E-state index in [1.54, 1.807) is 12.1 Å². The predicted octanol–water partition coefficient (Wildman–Crippen LogP) is 1.37. The molecule has 0 amide bonds. The summed E-state index contributed by atoms with van der Waals surface area (Å²) in [6.45, 7) is 0. The van der Waals surface area contributed by atoms with Crippen molar-refractivity contribution in [3.05, 3.63) is 29.8 Å². The van der Waals surface area contributed by atoms with Gasteiger partial charge in [-0.3, -0.25) is 0 Å². The lowest BCUT2D eigenvalue weighted by molar-refractivity contribution is 0.0601. The number of carbonyl (C=O) groups is 1. The molecule has 4 nitrogen and oxygen atoms in total. The molecule has 0 radical (unpaired) electrons. The van der Waals surface area contributed by atoms with Crippen molar-refractivity contribution in [3.8, 4) is 0 Å². The number of nitrogens with one attached hydrogen (secondary N) is 1. The summed E-state index contributed by atoms with van der Waals surface area (Å²) in [6.07, 6.45) is 2.03. The van der Waals surface area contributed by atoms with Gasteiger partial charge in [-0.1, -0.05) is 0 Å². The van der Waals surface area contributed by atoms with Gasteiger partial charge in [-0.15, -0.1) is 0 Å². The number of esters is 1. The van der Waals surface area contributed by atoms with Gasteiger partial charge in [0, 0.05) is 17.8 Å². The highest BCUT2D eigenvalue weighted by Gasteiger charge is 2.25. The summed E-state index contributed by atoms with van der Waals surface area (Å²) in [7, 11) is 1.38. The topological polar surface area (TPSA) is 64.3 Å². The van der Waals surface area contributed by atoms with Crippen LogP contribution in [-0.4, -0.2) is 25.2 Å². The monoisotopic (exact) mass is 220 g/mol. The van der Waals surface area contributed by atoms with Crippen molar-refractivity contribution in [2.24, 2.45) is 5.73 Å². The normalized spacial score (nSPS) is 23.4. The average molecular weight is 220 g/mol. The van der Waals surface area contributed by atoms with E-state index in [4.69, 9.17) is 5.73 Å². The smallest absolute Gasteiger partial charge is 0.337 e. The lowest BCUT2D eigenvalue weighted by Gasteiger charge is -2.33. The zero-order chi connectivity index (χ0) is 11.5. The summed E-state index contributed by atoms with van der Waals surface area (Å²) >= 11 is 0. The van der Waals surface area contributed by atoms with Gasteiger partial charge in [0.15, 0.2) is 0 Å². The van der Waals surface area contributed by atoms with Crippen molar-refractivity contribution < 1.29 is 9.53 Å². The molecule has 0 bridgehead atoms. The van der Waals surface area contributed by atoms with Crippen LogP contribution in [0.3, 0.4) is 0 Å². The molecule has 1 aromatic rings. The standard InChI is InChI=1S/C12H16N2O2/c1-16-12(15)8-2-4-10(5-3-8)14-11-6-9(13)7-11/h2-5,9,11,14H,6-7,13H2,1H3. The number of hydrogen-bond donors (Lipinski definition) is 2. The first kappa shape index (κ1) is 11.0. The number of ether oxygens (including phenoxy) is 1. The Morgan fingerprint density at radius 3 is 2.50 bits per heavy atom. The van der Waals surface area contributed by atoms with Crippen molar-refractivity contribution in [1.82, 2.24) is 0 Å². The van der Waals surface area contributed by atoms with Gasteiger partial charge in [0.2, 0.25) is 0 Å². The Bertz CT molecular complexity index is 369. The number of rotatable bonds is 3. The minimum Gasteiger partial charge on any atom is -0.465 e. The summed E-state index contributed by atoms with van der Waals surface area (Å²) in [4.78, 5) is 11.2. The minimum absolute atomic E-state index is 0.308. The Labute approximate surface area is 94.8 Å². The zero-order valence-corrected chi connectivity index (χ0v) is 9.27. The van der Waals surface area contributed by atoms with Crippen LogP contribution in [0, 0.1) is 0 Å². The second kappa shape index (κ2) is 4.53. The molecule has 1 aliphatic carbocycles. The quantitative estimate of drug-likeness (QED) is 0.755. The van der Waals surface area contributed by atoms with Crippen molar-refractivity contribution in [3.63, 3.8) is 0 Å². The van der Waals surface area contributed by atoms with Gasteiger partial charge in [0.05, 0.1) is 12.7 Å². The Morgan fingerprint density at radius 1 is 1.38 bits per heavy atom. The van der Waals surface area contributed by atoms with Crippen LogP contribution in [0.2, 0.25) is 0 Å². The van der Waals surface area contributed by atoms with E-state index in [1.807, 2.05) is 12.1 Å². The molecule has 2 rings (SSSR count). The second-order valence-corrected chi connectivity index (χ2v) is 4.14. The molecule has 0 saturated heterocycles. The fourth-order valence-electron chi connectivity index (χ4n) is 1.84. The molecule has 0 spiro atoms. The van der Waals surface area contributed by atoms with E-state index < -0.39 is 0 Å². The maximum Gasteiger partial charge on any atom is 0.337 e. The third-order valence-electron chi connectivity index (χ3n) is 2.85. The van der Waals surface area contributed by atoms with Crippen LogP contribution in [0.15, 0.2) is 24.3 Å².